The molecule has 0 saturated heterocycles. The summed E-state index contributed by atoms with van der Waals surface area (Å²) < 4.78 is 2.10. The number of nitrogens with zero attached hydrogens (tertiary/aromatic N) is 2. The maximum atomic E-state index is 6.55. The molecule has 0 unspecified atom stereocenters. The second kappa shape index (κ2) is 10.8. The average Bonchev–Trinajstić information content (AvgIpc) is 2.73. The van der Waals surface area contributed by atoms with Gasteiger partial charge in [0.05, 0.1) is 0 Å². The Morgan fingerprint density at radius 3 is 2.06 bits per heavy atom. The molecule has 2 aromatic carbocycles. The number of benzene rings is 2. The molecule has 0 aliphatic heterocycles. The van der Waals surface area contributed by atoms with Crippen LogP contribution in [0.15, 0.2) is 61.2 Å². The molecule has 0 radical (unpaired) electrons. The van der Waals surface area contributed by atoms with Crippen molar-refractivity contribution in [2.45, 2.75) is 39.5 Å². The van der Waals surface area contributed by atoms with E-state index < -0.39 is 0 Å². The Kier molecular flexibility index (Phi) is 8.87. The van der Waals surface area contributed by atoms with Crippen LogP contribution < -0.4 is 10.6 Å². The zero-order valence-corrected chi connectivity index (χ0v) is 21.5. The Labute approximate surface area is 207 Å². The third-order valence-corrected chi connectivity index (χ3v) is 7.16. The van der Waals surface area contributed by atoms with E-state index in [9.17, 15) is 0 Å². The second-order valence-electron chi connectivity index (χ2n) is 8.06. The summed E-state index contributed by atoms with van der Waals surface area (Å²) in [5, 5.41) is 2.99. The number of hydrogen-bond acceptors (Lipinski definition) is 3. The molecule has 4 aromatic rings. The summed E-state index contributed by atoms with van der Waals surface area (Å²) in [6.07, 6.45) is 0. The zero-order valence-electron chi connectivity index (χ0n) is 18.8. The van der Waals surface area contributed by atoms with E-state index in [1.165, 1.54) is 5.56 Å². The van der Waals surface area contributed by atoms with E-state index in [1.807, 2.05) is 12.1 Å². The normalized spacial score (nSPS) is 11.1. The van der Waals surface area contributed by atoms with Gasteiger partial charge in [-0.3, -0.25) is 0 Å². The largest absolute Gasteiger partial charge is 0.344 e. The number of pyridine rings is 2. The molecule has 0 amide bonds. The molecule has 0 fully saturated rings. The van der Waals surface area contributed by atoms with Gasteiger partial charge in [0.1, 0.15) is 0 Å². The van der Waals surface area contributed by atoms with Crippen LogP contribution in [0.2, 0.25) is 5.02 Å². The van der Waals surface area contributed by atoms with Crippen LogP contribution in [0.3, 0.4) is 0 Å². The molecule has 0 bridgehead atoms. The summed E-state index contributed by atoms with van der Waals surface area (Å²) in [5.74, 6) is 0.774. The van der Waals surface area contributed by atoms with E-state index in [0.29, 0.717) is 26.8 Å². The van der Waals surface area contributed by atoms with Gasteiger partial charge in [0.25, 0.3) is 0 Å². The van der Waals surface area contributed by atoms with Gasteiger partial charge in [-0.25, -0.2) is 0 Å². The topological polar surface area (TPSA) is 60.8 Å². The van der Waals surface area contributed by atoms with E-state index in [4.69, 9.17) is 21.6 Å². The van der Waals surface area contributed by atoms with Crippen LogP contribution in [0.1, 0.15) is 56.5 Å². The van der Waals surface area contributed by atoms with Gasteiger partial charge in [0, 0.05) is 0 Å². The van der Waals surface area contributed by atoms with E-state index in [0.717, 1.165) is 47.1 Å². The van der Waals surface area contributed by atoms with Crippen molar-refractivity contribution in [3.05, 3.63) is 83.2 Å². The number of rotatable bonds is 5. The first kappa shape index (κ1) is 26.3. The first-order valence-corrected chi connectivity index (χ1v) is 11.6. The molecule has 3 N–H and O–H groups in total. The first-order chi connectivity index (χ1) is 14.3. The van der Waals surface area contributed by atoms with Crippen molar-refractivity contribution >= 4 is 54.7 Å². The number of hydrogen-bond donors (Lipinski definition) is 1. The Morgan fingerprint density at radius 1 is 0.844 bits per heavy atom. The summed E-state index contributed by atoms with van der Waals surface area (Å²) in [5.41, 5.74) is 5.11. The van der Waals surface area contributed by atoms with Crippen LogP contribution in [0.5, 0.6) is 0 Å². The van der Waals surface area contributed by atoms with Crippen LogP contribution in [-0.4, -0.2) is 9.97 Å². The van der Waals surface area contributed by atoms with Crippen molar-refractivity contribution in [2.24, 2.45) is 0 Å². The minimum absolute atomic E-state index is 0. The summed E-state index contributed by atoms with van der Waals surface area (Å²) in [4.78, 5) is 9.92. The fourth-order valence-electron chi connectivity index (χ4n) is 3.45. The van der Waals surface area contributed by atoms with Crippen molar-refractivity contribution in [3.8, 4) is 0 Å². The Balaban J connectivity index is 0.00000181. The molecule has 32 heavy (non-hydrogen) atoms. The van der Waals surface area contributed by atoms with Crippen molar-refractivity contribution < 1.29 is 15.0 Å². The van der Waals surface area contributed by atoms with Crippen LogP contribution in [0.4, 0.5) is 0 Å². The molecule has 3 nitrogen and oxygen atoms in total. The minimum Gasteiger partial charge on any atom is -0.344 e. The van der Waals surface area contributed by atoms with Gasteiger partial charge in [-0.05, 0) is 0 Å². The van der Waals surface area contributed by atoms with Crippen molar-refractivity contribution in [2.75, 3.05) is 0 Å². The SMILES string of the molecule is C=[C]([Fe][c]1c(Cl)cccc1C(C)C)c1ccc2ccc3ccc(C(C)C)nc3c2n1.Cl.N. The van der Waals surface area contributed by atoms with Gasteiger partial charge < -0.3 is 6.15 Å². The van der Waals surface area contributed by atoms with Crippen molar-refractivity contribution in [1.29, 1.82) is 0 Å². The Hall–Kier alpha value is -1.94. The second-order valence-corrected chi connectivity index (χ2v) is 9.96. The van der Waals surface area contributed by atoms with Crippen molar-refractivity contribution in [1.82, 2.24) is 16.1 Å². The molecule has 0 saturated carbocycles. The van der Waals surface area contributed by atoms with Crippen LogP contribution in [0.25, 0.3) is 26.3 Å². The third kappa shape index (κ3) is 5.17. The van der Waals surface area contributed by atoms with Gasteiger partial charge in [-0.1, -0.05) is 0 Å². The van der Waals surface area contributed by atoms with Gasteiger partial charge in [0.2, 0.25) is 0 Å². The maximum Gasteiger partial charge on any atom is -0.147 e. The monoisotopic (exact) mass is 509 g/mol. The first-order valence-electron chi connectivity index (χ1n) is 10.2. The predicted molar refractivity (Wildman–Crippen MR) is 138 cm³/mol. The summed E-state index contributed by atoms with van der Waals surface area (Å²) >= 11 is 7.24. The van der Waals surface area contributed by atoms with Crippen LogP contribution in [0, 0.1) is 0 Å². The molecule has 6 heteroatoms. The third-order valence-electron chi connectivity index (χ3n) is 5.19. The molecule has 0 spiro atoms. The number of halogens is 2. The smallest absolute Gasteiger partial charge is 0.147 e. The molecule has 0 aliphatic rings. The standard InChI is InChI=1S/C17H15N2.C9H10Cl.ClH.Fe.H3N/c1-4-14-9-7-12-5-6-13-8-10-15(11(2)3)19-17(13)16(12)18-14;1-7(2)8-4-3-5-9(10)6-8;;;/h5-11H,1H2,2-3H3;3-5,7H,1-2H3;1H;;1H3. The number of aromatic nitrogens is 2. The molecule has 0 aliphatic carbocycles. The molecule has 4 rings (SSSR count). The van der Waals surface area contributed by atoms with Crippen molar-refractivity contribution in [3.63, 3.8) is 0 Å². The fourth-order valence-corrected chi connectivity index (χ4v) is 5.19. The number of fused-ring (bicyclic) bond motifs is 3. The van der Waals surface area contributed by atoms with Gasteiger partial charge in [-0.2, -0.15) is 0 Å². The molecule has 170 valence electrons. The molecule has 2 heterocycles. The zero-order chi connectivity index (χ0) is 21.4. The molecule has 2 aromatic heterocycles. The van der Waals surface area contributed by atoms with Gasteiger partial charge in [-0.15, -0.1) is 12.4 Å². The van der Waals surface area contributed by atoms with E-state index in [1.54, 1.807) is 0 Å². The molecular weight excluding hydrogens is 481 g/mol. The van der Waals surface area contributed by atoms with Crippen LogP contribution in [-0.2, 0) is 15.0 Å². The summed E-state index contributed by atoms with van der Waals surface area (Å²) in [6, 6.07) is 18.7. The molecular formula is C26H29Cl2FeN3. The minimum atomic E-state index is 0. The van der Waals surface area contributed by atoms with E-state index in [2.05, 4.69) is 76.7 Å². The summed E-state index contributed by atoms with van der Waals surface area (Å²) in [7, 11) is 0. The van der Waals surface area contributed by atoms with Gasteiger partial charge in [0.15, 0.2) is 0 Å². The fraction of sp³-hybridized carbons (Fsp3) is 0.231. The Bertz CT molecular complexity index is 1270. The van der Waals surface area contributed by atoms with E-state index in [-0.39, 0.29) is 18.6 Å². The van der Waals surface area contributed by atoms with Crippen LogP contribution >= 0.6 is 24.0 Å². The van der Waals surface area contributed by atoms with Gasteiger partial charge >= 0.3 is 190 Å². The predicted octanol–water partition coefficient (Wildman–Crippen LogP) is 7.65. The Morgan fingerprint density at radius 2 is 1.44 bits per heavy atom. The summed E-state index contributed by atoms with van der Waals surface area (Å²) in [6.45, 7) is 13.1. The van der Waals surface area contributed by atoms with E-state index >= 15 is 0 Å². The molecule has 0 atom stereocenters. The maximum absolute atomic E-state index is 6.55. The average molecular weight is 510 g/mol. The quantitative estimate of drug-likeness (QED) is 0.222.